The number of imide groups is 1. The molecule has 3 amide bonds. The van der Waals surface area contributed by atoms with Crippen LogP contribution >= 0.6 is 11.6 Å². The predicted octanol–water partition coefficient (Wildman–Crippen LogP) is 5.31. The van der Waals surface area contributed by atoms with Crippen LogP contribution in [0, 0.1) is 11.8 Å². The number of carbonyl (C=O) groups excluding carboxylic acids is 3. The number of carbonyl (C=O) groups is 3. The van der Waals surface area contributed by atoms with Crippen molar-refractivity contribution >= 4 is 41.2 Å². The Morgan fingerprint density at radius 1 is 0.795 bits per heavy atom. The number of nitrogens with zero attached hydrogens (tertiary/aromatic N) is 2. The summed E-state index contributed by atoms with van der Waals surface area (Å²) < 4.78 is 0. The minimum absolute atomic E-state index is 0.279. The molecule has 6 nitrogen and oxygen atoms in total. The molecule has 8 rings (SSSR count). The molecule has 0 unspecified atom stereocenters. The van der Waals surface area contributed by atoms with E-state index in [1.165, 1.54) is 4.90 Å². The zero-order valence-electron chi connectivity index (χ0n) is 20.6. The van der Waals surface area contributed by atoms with E-state index < -0.39 is 17.3 Å². The van der Waals surface area contributed by atoms with Crippen LogP contribution in [0.1, 0.15) is 38.5 Å². The smallest absolute Gasteiger partial charge is 0.271 e. The Kier molecular flexibility index (Phi) is 5.28. The number of hydrazone groups is 1. The normalized spacial score (nSPS) is 24.4. The third kappa shape index (κ3) is 3.21. The molecule has 0 saturated carbocycles. The van der Waals surface area contributed by atoms with E-state index >= 15 is 0 Å². The molecule has 1 aliphatic heterocycles. The molecule has 1 fully saturated rings. The zero-order valence-corrected chi connectivity index (χ0v) is 21.4. The van der Waals surface area contributed by atoms with Gasteiger partial charge < -0.3 is 0 Å². The number of hydrogen-bond donors (Lipinski definition) is 1. The molecule has 4 aromatic carbocycles. The summed E-state index contributed by atoms with van der Waals surface area (Å²) in [5.74, 6) is -2.66. The molecule has 2 atom stereocenters. The van der Waals surface area contributed by atoms with Crippen molar-refractivity contribution in [3.8, 4) is 0 Å². The average Bonchev–Trinajstić information content (AvgIpc) is 3.24. The molecule has 1 N–H and O–H groups in total. The first-order valence-electron chi connectivity index (χ1n) is 12.7. The Labute approximate surface area is 229 Å². The Hall–Kier alpha value is -4.55. The van der Waals surface area contributed by atoms with E-state index in [0.717, 1.165) is 22.3 Å². The van der Waals surface area contributed by atoms with Gasteiger partial charge in [0.05, 0.1) is 28.0 Å². The lowest BCUT2D eigenvalue weighted by atomic mass is 9.47. The molecule has 4 aromatic rings. The molecule has 0 spiro atoms. The number of para-hydroxylation sites is 1. The van der Waals surface area contributed by atoms with E-state index in [4.69, 9.17) is 11.6 Å². The summed E-state index contributed by atoms with van der Waals surface area (Å²) in [4.78, 5) is 42.6. The van der Waals surface area contributed by atoms with Gasteiger partial charge in [0.2, 0.25) is 11.8 Å². The van der Waals surface area contributed by atoms with Gasteiger partial charge in [-0.2, -0.15) is 5.10 Å². The van der Waals surface area contributed by atoms with Crippen LogP contribution < -0.4 is 10.3 Å². The highest BCUT2D eigenvalue weighted by Crippen LogP contribution is 2.63. The van der Waals surface area contributed by atoms with Crippen LogP contribution in [0.3, 0.4) is 0 Å². The first-order valence-corrected chi connectivity index (χ1v) is 13.1. The van der Waals surface area contributed by atoms with Crippen molar-refractivity contribution in [3.63, 3.8) is 0 Å². The maximum Gasteiger partial charge on any atom is 0.271 e. The first kappa shape index (κ1) is 23.6. The number of rotatable bonds is 4. The quantitative estimate of drug-likeness (QED) is 0.220. The number of anilines is 1. The summed E-state index contributed by atoms with van der Waals surface area (Å²) >= 11 is 6.49. The van der Waals surface area contributed by atoms with Crippen LogP contribution in [-0.2, 0) is 15.0 Å². The molecule has 1 saturated heterocycles. The molecular weight excluding hydrogens is 510 g/mol. The monoisotopic (exact) mass is 531 g/mol. The van der Waals surface area contributed by atoms with Crippen molar-refractivity contribution in [1.82, 2.24) is 5.43 Å². The Balaban J connectivity index is 1.43. The van der Waals surface area contributed by atoms with Gasteiger partial charge in [-0.05, 0) is 46.5 Å². The van der Waals surface area contributed by atoms with Gasteiger partial charge in [-0.15, -0.1) is 0 Å². The van der Waals surface area contributed by atoms with E-state index in [0.29, 0.717) is 16.3 Å². The fraction of sp³-hybridized carbons (Fsp3) is 0.125. The standard InChI is InChI=1S/C32H22ClN3O3/c33-24-16-8-9-17-25(24)36-30(38)27-26-20-12-4-6-14-22(20)32(28(27)31(36)39,23-15-7-5-13-21(23)26)18-34-35-29(37)19-10-2-1-3-11-19/h1-18,26-28H,(H,35,37)/b34-18-/t26?,27-,28+,32?/m1/s1. The highest BCUT2D eigenvalue weighted by molar-refractivity contribution is 6.36. The Morgan fingerprint density at radius 3 is 2.05 bits per heavy atom. The number of nitrogens with one attached hydrogen (secondary N) is 1. The summed E-state index contributed by atoms with van der Waals surface area (Å²) in [6.07, 6.45) is 1.65. The van der Waals surface area contributed by atoms with Gasteiger partial charge in [0.25, 0.3) is 5.91 Å². The topological polar surface area (TPSA) is 78.8 Å². The van der Waals surface area contributed by atoms with Crippen molar-refractivity contribution in [2.75, 3.05) is 4.90 Å². The minimum Gasteiger partial charge on any atom is -0.274 e. The first-order chi connectivity index (χ1) is 19.0. The number of halogens is 1. The van der Waals surface area contributed by atoms with E-state index in [9.17, 15) is 14.4 Å². The van der Waals surface area contributed by atoms with Gasteiger partial charge in [-0.1, -0.05) is 90.5 Å². The maximum absolute atomic E-state index is 14.3. The van der Waals surface area contributed by atoms with Crippen LogP contribution in [0.5, 0.6) is 0 Å². The fourth-order valence-corrected chi connectivity index (χ4v) is 6.99. The van der Waals surface area contributed by atoms with E-state index in [1.54, 1.807) is 54.7 Å². The van der Waals surface area contributed by atoms with Crippen LogP contribution in [-0.4, -0.2) is 23.9 Å². The molecule has 0 radical (unpaired) electrons. The van der Waals surface area contributed by atoms with Gasteiger partial charge in [0.1, 0.15) is 0 Å². The molecule has 3 aliphatic carbocycles. The highest BCUT2D eigenvalue weighted by atomic mass is 35.5. The van der Waals surface area contributed by atoms with E-state index in [1.807, 2.05) is 54.6 Å². The van der Waals surface area contributed by atoms with Gasteiger partial charge in [0.15, 0.2) is 0 Å². The molecule has 2 bridgehead atoms. The second-order valence-electron chi connectivity index (χ2n) is 10.1. The third-order valence-corrected chi connectivity index (χ3v) is 8.57. The van der Waals surface area contributed by atoms with Crippen molar-refractivity contribution in [2.24, 2.45) is 16.9 Å². The van der Waals surface area contributed by atoms with Crippen molar-refractivity contribution in [2.45, 2.75) is 11.3 Å². The largest absolute Gasteiger partial charge is 0.274 e. The molecule has 190 valence electrons. The van der Waals surface area contributed by atoms with Gasteiger partial charge in [-0.3, -0.25) is 14.4 Å². The second kappa shape index (κ2) is 8.75. The number of amides is 3. The van der Waals surface area contributed by atoms with Gasteiger partial charge in [-0.25, -0.2) is 10.3 Å². The fourth-order valence-electron chi connectivity index (χ4n) is 6.77. The lowest BCUT2D eigenvalue weighted by Crippen LogP contribution is -2.54. The molecule has 0 aromatic heterocycles. The van der Waals surface area contributed by atoms with Crippen molar-refractivity contribution in [1.29, 1.82) is 0 Å². The van der Waals surface area contributed by atoms with E-state index in [2.05, 4.69) is 10.5 Å². The highest BCUT2D eigenvalue weighted by Gasteiger charge is 2.68. The Bertz CT molecular complexity index is 1650. The lowest BCUT2D eigenvalue weighted by Gasteiger charge is -2.52. The van der Waals surface area contributed by atoms with Crippen molar-refractivity contribution < 1.29 is 14.4 Å². The molecule has 1 heterocycles. The molecule has 4 aliphatic rings. The van der Waals surface area contributed by atoms with Gasteiger partial charge >= 0.3 is 0 Å². The van der Waals surface area contributed by atoms with Gasteiger partial charge in [0, 0.05) is 17.7 Å². The summed E-state index contributed by atoms with van der Waals surface area (Å²) in [5, 5.41) is 4.77. The predicted molar refractivity (Wildman–Crippen MR) is 149 cm³/mol. The summed E-state index contributed by atoms with van der Waals surface area (Å²) in [6.45, 7) is 0. The lowest BCUT2D eigenvalue weighted by molar-refractivity contribution is -0.122. The number of hydrogen-bond acceptors (Lipinski definition) is 4. The minimum atomic E-state index is -1.07. The zero-order chi connectivity index (χ0) is 26.7. The van der Waals surface area contributed by atoms with Crippen LogP contribution in [0.4, 0.5) is 5.69 Å². The average molecular weight is 532 g/mol. The Morgan fingerprint density at radius 2 is 1.38 bits per heavy atom. The second-order valence-corrected chi connectivity index (χ2v) is 10.5. The number of benzene rings is 4. The molecule has 7 heteroatoms. The van der Waals surface area contributed by atoms with Crippen LogP contribution in [0.15, 0.2) is 108 Å². The van der Waals surface area contributed by atoms with Crippen LogP contribution in [0.25, 0.3) is 0 Å². The SMILES string of the molecule is O=C(N/N=C\C12c3ccccc3C(c3ccccc31)[C@H]1C(=O)N(c3ccccc3Cl)C(=O)[C@H]12)c1ccccc1. The van der Waals surface area contributed by atoms with Crippen molar-refractivity contribution in [3.05, 3.63) is 136 Å². The maximum atomic E-state index is 14.3. The van der Waals surface area contributed by atoms with Crippen LogP contribution in [0.2, 0.25) is 5.02 Å². The summed E-state index contributed by atoms with van der Waals surface area (Å²) in [7, 11) is 0. The summed E-state index contributed by atoms with van der Waals surface area (Å²) in [6, 6.07) is 31.5. The van der Waals surface area contributed by atoms with E-state index in [-0.39, 0.29) is 23.6 Å². The molecular formula is C32H22ClN3O3. The molecule has 39 heavy (non-hydrogen) atoms. The summed E-state index contributed by atoms with van der Waals surface area (Å²) in [5.41, 5.74) is 6.21. The third-order valence-electron chi connectivity index (χ3n) is 8.25.